The number of benzene rings is 1. The Morgan fingerprint density at radius 1 is 1.46 bits per heavy atom. The van der Waals surface area contributed by atoms with Crippen molar-refractivity contribution < 1.29 is 13.6 Å². The zero-order valence-corrected chi connectivity index (χ0v) is 8.44. The van der Waals surface area contributed by atoms with Crippen molar-refractivity contribution in [3.8, 4) is 0 Å². The van der Waals surface area contributed by atoms with Crippen molar-refractivity contribution in [1.82, 2.24) is 3.45 Å². The van der Waals surface area contributed by atoms with E-state index in [0.717, 1.165) is 12.1 Å². The van der Waals surface area contributed by atoms with Gasteiger partial charge < -0.3 is 0 Å². The molecule has 0 unspecified atom stereocenters. The Bertz CT molecular complexity index is 345. The van der Waals surface area contributed by atoms with Gasteiger partial charge in [-0.3, -0.25) is 4.79 Å². The van der Waals surface area contributed by atoms with E-state index in [2.05, 4.69) is 16.1 Å². The molecule has 1 rings (SSSR count). The van der Waals surface area contributed by atoms with Gasteiger partial charge in [0, 0.05) is 11.8 Å². The predicted molar refractivity (Wildman–Crippen MR) is 47.3 cm³/mol. The Kier molecular flexibility index (Phi) is 3.22. The number of amides is 1. The lowest BCUT2D eigenvalue weighted by molar-refractivity contribution is 0.0928. The monoisotopic (exact) mass is 269 g/mol. The van der Waals surface area contributed by atoms with Gasteiger partial charge in [-0.25, -0.2) is 8.78 Å². The van der Waals surface area contributed by atoms with Gasteiger partial charge >= 0.3 is 0 Å². The molecule has 0 saturated heterocycles. The van der Waals surface area contributed by atoms with E-state index in [0.29, 0.717) is 3.45 Å². The second-order valence-electron chi connectivity index (χ2n) is 2.14. The average molecular weight is 270 g/mol. The maximum absolute atomic E-state index is 12.9. The first-order valence-corrected chi connectivity index (χ1v) is 4.19. The summed E-state index contributed by atoms with van der Waals surface area (Å²) in [5, 5.41) is 0. The van der Waals surface area contributed by atoms with Crippen LogP contribution in [0.4, 0.5) is 8.78 Å². The van der Waals surface area contributed by atoms with Gasteiger partial charge in [0.2, 0.25) is 0 Å². The molecular formula is C7H3BrClF2NO. The first-order chi connectivity index (χ1) is 6.04. The minimum atomic E-state index is -1.21. The zero-order valence-electron chi connectivity index (χ0n) is 6.10. The molecule has 1 amide bonds. The van der Waals surface area contributed by atoms with Crippen molar-refractivity contribution in [3.05, 3.63) is 35.4 Å². The molecule has 0 spiro atoms. The van der Waals surface area contributed by atoms with Crippen molar-refractivity contribution in [3.63, 3.8) is 0 Å². The average Bonchev–Trinajstić information content (AvgIpc) is 2.08. The number of hydrogen-bond donors (Lipinski definition) is 0. The molecule has 0 N–H and O–H groups in total. The third-order valence-corrected chi connectivity index (χ3v) is 1.81. The van der Waals surface area contributed by atoms with Crippen LogP contribution in [0.15, 0.2) is 18.2 Å². The van der Waals surface area contributed by atoms with Gasteiger partial charge in [-0.05, 0) is 12.1 Å². The van der Waals surface area contributed by atoms with E-state index in [1.807, 2.05) is 0 Å². The Balaban J connectivity index is 3.15. The van der Waals surface area contributed by atoms with Gasteiger partial charge in [-0.2, -0.15) is 3.45 Å². The van der Waals surface area contributed by atoms with Crippen LogP contribution in [0.5, 0.6) is 0 Å². The number of halogens is 4. The maximum Gasteiger partial charge on any atom is 0.281 e. The van der Waals surface area contributed by atoms with Crippen LogP contribution in [0.3, 0.4) is 0 Å². The molecule has 0 heterocycles. The third kappa shape index (κ3) is 2.16. The maximum atomic E-state index is 12.9. The summed E-state index contributed by atoms with van der Waals surface area (Å²) in [7, 11) is 0. The summed E-state index contributed by atoms with van der Waals surface area (Å²) in [6.45, 7) is 0. The largest absolute Gasteiger partial charge is 0.281 e. The van der Waals surface area contributed by atoms with Crippen LogP contribution in [0.1, 0.15) is 10.4 Å². The Hall–Kier alpha value is -0.680. The van der Waals surface area contributed by atoms with Crippen molar-refractivity contribution in [2.45, 2.75) is 0 Å². The van der Waals surface area contributed by atoms with E-state index in [4.69, 9.17) is 11.8 Å². The van der Waals surface area contributed by atoms with Gasteiger partial charge in [0.15, 0.2) is 11.6 Å². The fourth-order valence-electron chi connectivity index (χ4n) is 0.760. The number of hydrogen-bond acceptors (Lipinski definition) is 1. The summed E-state index contributed by atoms with van der Waals surface area (Å²) in [5.41, 5.74) is -0.424. The molecule has 0 aliphatic carbocycles. The SMILES string of the molecule is O=C(c1cccc(F)c1F)N(Cl)Br. The van der Waals surface area contributed by atoms with E-state index < -0.39 is 23.1 Å². The summed E-state index contributed by atoms with van der Waals surface area (Å²) in [6, 6.07) is 3.27. The fraction of sp³-hybridized carbons (Fsp3) is 0. The quantitative estimate of drug-likeness (QED) is 0.719. The Labute approximate surface area is 86.5 Å². The minimum absolute atomic E-state index is 0.424. The third-order valence-electron chi connectivity index (χ3n) is 1.34. The van der Waals surface area contributed by atoms with Gasteiger partial charge in [-0.1, -0.05) is 6.07 Å². The molecule has 1 aromatic rings. The van der Waals surface area contributed by atoms with Crippen LogP contribution in [0.25, 0.3) is 0 Å². The van der Waals surface area contributed by atoms with E-state index in [-0.39, 0.29) is 0 Å². The molecule has 0 atom stereocenters. The van der Waals surface area contributed by atoms with Crippen LogP contribution in [0, 0.1) is 11.6 Å². The Morgan fingerprint density at radius 3 is 2.62 bits per heavy atom. The second-order valence-corrected chi connectivity index (χ2v) is 3.60. The van der Waals surface area contributed by atoms with E-state index in [9.17, 15) is 13.6 Å². The van der Waals surface area contributed by atoms with Crippen molar-refractivity contribution in [1.29, 1.82) is 0 Å². The van der Waals surface area contributed by atoms with Crippen molar-refractivity contribution >= 4 is 33.8 Å². The van der Waals surface area contributed by atoms with E-state index in [1.54, 1.807) is 0 Å². The number of nitrogens with zero attached hydrogens (tertiary/aromatic N) is 1. The van der Waals surface area contributed by atoms with E-state index in [1.165, 1.54) is 6.07 Å². The molecule has 2 nitrogen and oxygen atoms in total. The van der Waals surface area contributed by atoms with Gasteiger partial charge in [-0.15, -0.1) is 0 Å². The number of carbonyl (C=O) groups is 1. The summed E-state index contributed by atoms with van der Waals surface area (Å²) < 4.78 is 26.0. The molecule has 0 radical (unpaired) electrons. The van der Waals surface area contributed by atoms with Crippen LogP contribution >= 0.6 is 27.9 Å². The van der Waals surface area contributed by atoms with Gasteiger partial charge in [0.1, 0.15) is 0 Å². The van der Waals surface area contributed by atoms with E-state index >= 15 is 0 Å². The standard InChI is InChI=1S/C7H3BrClF2NO/c8-12(9)7(13)4-2-1-3-5(10)6(4)11/h1-3H. The summed E-state index contributed by atoms with van der Waals surface area (Å²) in [4.78, 5) is 11.1. The highest BCUT2D eigenvalue weighted by Crippen LogP contribution is 2.16. The number of carbonyl (C=O) groups excluding carboxylic acids is 1. The first-order valence-electron chi connectivity index (χ1n) is 3.14. The topological polar surface area (TPSA) is 20.3 Å². The summed E-state index contributed by atoms with van der Waals surface area (Å²) in [5.74, 6) is -3.16. The van der Waals surface area contributed by atoms with Crippen LogP contribution in [0.2, 0.25) is 0 Å². The lowest BCUT2D eigenvalue weighted by Crippen LogP contribution is -2.13. The van der Waals surface area contributed by atoms with Crippen LogP contribution in [-0.4, -0.2) is 9.35 Å². The molecule has 70 valence electrons. The molecule has 0 fully saturated rings. The normalized spacial score (nSPS) is 9.85. The van der Waals surface area contributed by atoms with Crippen molar-refractivity contribution in [2.75, 3.05) is 0 Å². The summed E-state index contributed by atoms with van der Waals surface area (Å²) >= 11 is 7.79. The fourth-order valence-corrected chi connectivity index (χ4v) is 1.04. The predicted octanol–water partition coefficient (Wildman–Crippen LogP) is 2.87. The molecule has 6 heteroatoms. The van der Waals surface area contributed by atoms with Gasteiger partial charge in [0.25, 0.3) is 5.91 Å². The smallest absolute Gasteiger partial charge is 0.267 e. The Morgan fingerprint density at radius 2 is 2.08 bits per heavy atom. The van der Waals surface area contributed by atoms with Gasteiger partial charge in [0.05, 0.1) is 21.7 Å². The van der Waals surface area contributed by atoms with Crippen molar-refractivity contribution in [2.24, 2.45) is 0 Å². The molecular weight excluding hydrogens is 267 g/mol. The highest BCUT2D eigenvalue weighted by molar-refractivity contribution is 9.08. The molecule has 1 aromatic carbocycles. The molecule has 0 bridgehead atoms. The molecule has 13 heavy (non-hydrogen) atoms. The highest BCUT2D eigenvalue weighted by Gasteiger charge is 2.18. The second kappa shape index (κ2) is 4.02. The first kappa shape index (κ1) is 10.4. The number of rotatable bonds is 1. The lowest BCUT2D eigenvalue weighted by atomic mass is 10.2. The lowest BCUT2D eigenvalue weighted by Gasteiger charge is -2.05. The zero-order chi connectivity index (χ0) is 10.0. The highest BCUT2D eigenvalue weighted by atomic mass is 79.9. The van der Waals surface area contributed by atoms with Crippen LogP contribution in [-0.2, 0) is 0 Å². The summed E-state index contributed by atoms with van der Waals surface area (Å²) in [6.07, 6.45) is 0. The van der Waals surface area contributed by atoms with Crippen LogP contribution < -0.4 is 0 Å². The molecule has 0 aromatic heterocycles. The molecule has 0 saturated carbocycles. The molecule has 0 aliphatic heterocycles. The minimum Gasteiger partial charge on any atom is -0.267 e. The molecule has 0 aliphatic rings.